The Bertz CT molecular complexity index is 620. The zero-order valence-corrected chi connectivity index (χ0v) is 20.2. The molecule has 0 amide bonds. The first-order valence-electron chi connectivity index (χ1n) is 13.0. The van der Waals surface area contributed by atoms with E-state index in [4.69, 9.17) is 0 Å². The molecular weight excluding hydrogens is 352 g/mol. The molecule has 4 saturated carbocycles. The smallest absolute Gasteiger partial charge is 0.0543 e. The molecule has 0 aromatic heterocycles. The molecule has 1 N–H and O–H groups in total. The van der Waals surface area contributed by atoms with Crippen LogP contribution in [0.25, 0.3) is 0 Å². The average Bonchev–Trinajstić information content (AvgIpc) is 2.99. The maximum atomic E-state index is 10.3. The van der Waals surface area contributed by atoms with Crippen LogP contribution in [0.2, 0.25) is 0 Å². The summed E-state index contributed by atoms with van der Waals surface area (Å²) in [7, 11) is 0. The standard InChI is InChI=1S/C28H48O/c1-18(2)15-19(3)16-20(4)24-9-10-25-23-8-7-21-17-22(29)11-13-27(21,5)26(23)12-14-28(24,25)6/h16,18,20-26,29H,7-15,17H2,1-6H3. The second-order valence-corrected chi connectivity index (χ2v) is 12.8. The number of aliphatic hydroxyl groups is 1. The van der Waals surface area contributed by atoms with Crippen LogP contribution in [0.3, 0.4) is 0 Å². The van der Waals surface area contributed by atoms with Gasteiger partial charge in [-0.1, -0.05) is 46.3 Å². The number of hydrogen-bond donors (Lipinski definition) is 1. The van der Waals surface area contributed by atoms with E-state index in [0.717, 1.165) is 54.3 Å². The number of rotatable bonds is 4. The topological polar surface area (TPSA) is 20.2 Å². The normalized spacial score (nSPS) is 48.8. The molecule has 0 saturated heterocycles. The average molecular weight is 401 g/mol. The number of allylic oxidation sites excluding steroid dienone is 2. The van der Waals surface area contributed by atoms with Crippen molar-refractivity contribution in [2.75, 3.05) is 0 Å². The van der Waals surface area contributed by atoms with Gasteiger partial charge in [-0.25, -0.2) is 0 Å². The van der Waals surface area contributed by atoms with E-state index in [1.165, 1.54) is 51.4 Å². The van der Waals surface area contributed by atoms with E-state index < -0.39 is 0 Å². The van der Waals surface area contributed by atoms with Crippen LogP contribution >= 0.6 is 0 Å². The number of fused-ring (bicyclic) bond motifs is 5. The van der Waals surface area contributed by atoms with Crippen LogP contribution in [0.4, 0.5) is 0 Å². The molecule has 9 atom stereocenters. The largest absolute Gasteiger partial charge is 0.393 e. The second-order valence-electron chi connectivity index (χ2n) is 12.8. The lowest BCUT2D eigenvalue weighted by Crippen LogP contribution is -2.54. The molecule has 1 heteroatoms. The first-order chi connectivity index (χ1) is 13.6. The molecule has 0 spiro atoms. The van der Waals surface area contributed by atoms with Gasteiger partial charge in [0.05, 0.1) is 6.10 Å². The minimum atomic E-state index is -0.0175. The lowest BCUT2D eigenvalue weighted by molar-refractivity contribution is -0.128. The quantitative estimate of drug-likeness (QED) is 0.481. The molecule has 0 aromatic carbocycles. The van der Waals surface area contributed by atoms with E-state index in [0.29, 0.717) is 10.8 Å². The number of aliphatic hydroxyl groups excluding tert-OH is 1. The van der Waals surface area contributed by atoms with Crippen molar-refractivity contribution in [1.82, 2.24) is 0 Å². The summed E-state index contributed by atoms with van der Waals surface area (Å²) in [4.78, 5) is 0. The van der Waals surface area contributed by atoms with Gasteiger partial charge in [0.1, 0.15) is 0 Å². The zero-order valence-electron chi connectivity index (χ0n) is 20.2. The van der Waals surface area contributed by atoms with Gasteiger partial charge in [-0.15, -0.1) is 0 Å². The first kappa shape index (κ1) is 21.9. The Morgan fingerprint density at radius 1 is 0.931 bits per heavy atom. The summed E-state index contributed by atoms with van der Waals surface area (Å²) >= 11 is 0. The van der Waals surface area contributed by atoms with Gasteiger partial charge in [0.2, 0.25) is 0 Å². The summed E-state index contributed by atoms with van der Waals surface area (Å²) in [6.07, 6.45) is 16.0. The van der Waals surface area contributed by atoms with Crippen LogP contribution in [0.1, 0.15) is 106 Å². The van der Waals surface area contributed by atoms with E-state index in [9.17, 15) is 5.11 Å². The predicted octanol–water partition coefficient (Wildman–Crippen LogP) is 7.63. The van der Waals surface area contributed by atoms with Crippen molar-refractivity contribution in [3.05, 3.63) is 11.6 Å². The molecule has 0 bridgehead atoms. The van der Waals surface area contributed by atoms with Gasteiger partial charge >= 0.3 is 0 Å². The SMILES string of the molecule is CC(=CC(C)C1CCC2C3CCC4CC(O)CCC4(C)C3CCC12C)CC(C)C. The summed E-state index contributed by atoms with van der Waals surface area (Å²) in [5.74, 6) is 6.02. The summed E-state index contributed by atoms with van der Waals surface area (Å²) in [6.45, 7) is 14.9. The third-order valence-electron chi connectivity index (χ3n) is 10.6. The highest BCUT2D eigenvalue weighted by Gasteiger charge is 2.60. The van der Waals surface area contributed by atoms with Crippen molar-refractivity contribution in [3.8, 4) is 0 Å². The summed E-state index contributed by atoms with van der Waals surface area (Å²) < 4.78 is 0. The fraction of sp³-hybridized carbons (Fsp3) is 0.929. The maximum Gasteiger partial charge on any atom is 0.0543 e. The van der Waals surface area contributed by atoms with Gasteiger partial charge in [-0.2, -0.15) is 0 Å². The molecule has 0 radical (unpaired) electrons. The molecule has 4 rings (SSSR count). The predicted molar refractivity (Wildman–Crippen MR) is 124 cm³/mol. The molecular formula is C28H48O. The molecule has 0 aromatic rings. The molecule has 0 aliphatic heterocycles. The van der Waals surface area contributed by atoms with Crippen LogP contribution in [0, 0.1) is 52.3 Å². The van der Waals surface area contributed by atoms with E-state index in [1.807, 2.05) is 0 Å². The van der Waals surface area contributed by atoms with Gasteiger partial charge in [-0.3, -0.25) is 0 Å². The van der Waals surface area contributed by atoms with Crippen LogP contribution in [-0.4, -0.2) is 11.2 Å². The van der Waals surface area contributed by atoms with Crippen molar-refractivity contribution < 1.29 is 5.11 Å². The van der Waals surface area contributed by atoms with Gasteiger partial charge in [-0.05, 0) is 123 Å². The number of hydrogen-bond acceptors (Lipinski definition) is 1. The van der Waals surface area contributed by atoms with E-state index in [1.54, 1.807) is 5.57 Å². The zero-order chi connectivity index (χ0) is 21.0. The maximum absolute atomic E-state index is 10.3. The van der Waals surface area contributed by atoms with Crippen molar-refractivity contribution in [2.24, 2.45) is 52.3 Å². The summed E-state index contributed by atoms with van der Waals surface area (Å²) in [5, 5.41) is 10.3. The van der Waals surface area contributed by atoms with Gasteiger partial charge in [0.25, 0.3) is 0 Å². The second kappa shape index (κ2) is 7.99. The fourth-order valence-electron chi connectivity index (χ4n) is 9.42. The Morgan fingerprint density at radius 2 is 1.62 bits per heavy atom. The molecule has 29 heavy (non-hydrogen) atoms. The highest BCUT2D eigenvalue weighted by Crippen LogP contribution is 2.68. The third-order valence-corrected chi connectivity index (χ3v) is 10.6. The Labute approximate surface area is 181 Å². The first-order valence-corrected chi connectivity index (χ1v) is 13.0. The van der Waals surface area contributed by atoms with Crippen LogP contribution in [0.15, 0.2) is 11.6 Å². The summed E-state index contributed by atoms with van der Waals surface area (Å²) in [6, 6.07) is 0. The van der Waals surface area contributed by atoms with Crippen molar-refractivity contribution in [1.29, 1.82) is 0 Å². The van der Waals surface area contributed by atoms with E-state index >= 15 is 0 Å². The molecule has 9 unspecified atom stereocenters. The lowest BCUT2D eigenvalue weighted by atomic mass is 9.44. The van der Waals surface area contributed by atoms with E-state index in [2.05, 4.69) is 47.6 Å². The van der Waals surface area contributed by atoms with E-state index in [-0.39, 0.29) is 6.10 Å². The highest BCUT2D eigenvalue weighted by atomic mass is 16.3. The minimum Gasteiger partial charge on any atom is -0.393 e. The minimum absolute atomic E-state index is 0.0175. The van der Waals surface area contributed by atoms with Crippen LogP contribution in [-0.2, 0) is 0 Å². The third kappa shape index (κ3) is 3.77. The Balaban J connectivity index is 1.51. The van der Waals surface area contributed by atoms with Crippen LogP contribution < -0.4 is 0 Å². The lowest BCUT2D eigenvalue weighted by Gasteiger charge is -2.61. The van der Waals surface area contributed by atoms with Gasteiger partial charge in [0, 0.05) is 0 Å². The molecule has 4 aliphatic carbocycles. The molecule has 0 heterocycles. The molecule has 4 fully saturated rings. The van der Waals surface area contributed by atoms with Crippen molar-refractivity contribution >= 4 is 0 Å². The monoisotopic (exact) mass is 400 g/mol. The Morgan fingerprint density at radius 3 is 2.34 bits per heavy atom. The Hall–Kier alpha value is -0.300. The highest BCUT2D eigenvalue weighted by molar-refractivity contribution is 5.12. The fourth-order valence-corrected chi connectivity index (χ4v) is 9.42. The van der Waals surface area contributed by atoms with Gasteiger partial charge in [0.15, 0.2) is 0 Å². The molecule has 4 aliphatic rings. The summed E-state index contributed by atoms with van der Waals surface area (Å²) in [5.41, 5.74) is 2.69. The molecule has 166 valence electrons. The van der Waals surface area contributed by atoms with Gasteiger partial charge < -0.3 is 5.11 Å². The Kier molecular flexibility index (Phi) is 6.04. The van der Waals surface area contributed by atoms with Crippen molar-refractivity contribution in [3.63, 3.8) is 0 Å². The van der Waals surface area contributed by atoms with Crippen molar-refractivity contribution in [2.45, 2.75) is 112 Å². The van der Waals surface area contributed by atoms with Crippen LogP contribution in [0.5, 0.6) is 0 Å². The molecule has 1 nitrogen and oxygen atoms in total.